The lowest BCUT2D eigenvalue weighted by atomic mass is 10.0. The molecule has 0 aliphatic carbocycles. The van der Waals surface area contributed by atoms with Gasteiger partial charge in [0, 0.05) is 42.7 Å². The molecule has 3 aliphatic rings. The van der Waals surface area contributed by atoms with Crippen LogP contribution in [0, 0.1) is 0 Å². The normalized spacial score (nSPS) is 24.9. The number of carbonyl (C=O) groups is 1. The number of halogens is 1. The zero-order chi connectivity index (χ0) is 15.2. The number of ether oxygens (including phenoxy) is 2. The number of amides is 1. The second-order valence-electron chi connectivity index (χ2n) is 5.83. The SMILES string of the molecule is O=C1Nc2cc(Cl)ccc2/C1=C\N1CCC2(CC1)OCCO2. The van der Waals surface area contributed by atoms with Gasteiger partial charge in [-0.1, -0.05) is 17.7 Å². The van der Waals surface area contributed by atoms with E-state index in [2.05, 4.69) is 10.2 Å². The Balaban J connectivity index is 1.53. The molecular weight excluding hydrogens is 304 g/mol. The van der Waals surface area contributed by atoms with Crippen LogP contribution < -0.4 is 5.32 Å². The van der Waals surface area contributed by atoms with Crippen LogP contribution in [0.3, 0.4) is 0 Å². The summed E-state index contributed by atoms with van der Waals surface area (Å²) in [5.41, 5.74) is 2.37. The molecule has 2 fully saturated rings. The molecule has 1 aromatic rings. The van der Waals surface area contributed by atoms with E-state index in [4.69, 9.17) is 21.1 Å². The first kappa shape index (κ1) is 14.1. The van der Waals surface area contributed by atoms with Crippen LogP contribution in [0.15, 0.2) is 24.4 Å². The molecule has 1 amide bonds. The van der Waals surface area contributed by atoms with Crippen molar-refractivity contribution in [1.82, 2.24) is 4.90 Å². The maximum absolute atomic E-state index is 12.2. The second-order valence-corrected chi connectivity index (χ2v) is 6.27. The van der Waals surface area contributed by atoms with Crippen molar-refractivity contribution in [1.29, 1.82) is 0 Å². The zero-order valence-corrected chi connectivity index (χ0v) is 12.9. The summed E-state index contributed by atoms with van der Waals surface area (Å²) in [7, 11) is 0. The Labute approximate surface area is 133 Å². The molecule has 0 saturated carbocycles. The number of benzene rings is 1. The van der Waals surface area contributed by atoms with Crippen LogP contribution in [0.1, 0.15) is 18.4 Å². The standard InChI is InChI=1S/C16H17ClN2O3/c17-11-1-2-12-13(15(20)18-14(12)9-11)10-19-5-3-16(4-6-19)21-7-8-22-16/h1-2,9-10H,3-8H2,(H,18,20)/b13-10+. The number of anilines is 1. The van der Waals surface area contributed by atoms with Crippen LogP contribution in [-0.4, -0.2) is 42.9 Å². The van der Waals surface area contributed by atoms with Gasteiger partial charge in [-0.05, 0) is 12.1 Å². The van der Waals surface area contributed by atoms with Crippen molar-refractivity contribution >= 4 is 28.8 Å². The van der Waals surface area contributed by atoms with E-state index in [1.54, 1.807) is 12.1 Å². The number of hydrogen-bond acceptors (Lipinski definition) is 4. The van der Waals surface area contributed by atoms with E-state index in [0.717, 1.165) is 37.2 Å². The Morgan fingerprint density at radius 1 is 1.23 bits per heavy atom. The largest absolute Gasteiger partial charge is 0.376 e. The fourth-order valence-corrected chi connectivity index (χ4v) is 3.43. The summed E-state index contributed by atoms with van der Waals surface area (Å²) in [4.78, 5) is 14.3. The summed E-state index contributed by atoms with van der Waals surface area (Å²) in [6.45, 7) is 2.99. The minimum Gasteiger partial charge on any atom is -0.376 e. The van der Waals surface area contributed by atoms with Gasteiger partial charge in [-0.15, -0.1) is 0 Å². The molecular formula is C16H17ClN2O3. The van der Waals surface area contributed by atoms with E-state index in [-0.39, 0.29) is 5.91 Å². The molecule has 4 rings (SSSR count). The molecule has 3 heterocycles. The maximum atomic E-state index is 12.2. The summed E-state index contributed by atoms with van der Waals surface area (Å²) in [5, 5.41) is 3.48. The highest BCUT2D eigenvalue weighted by Gasteiger charge is 2.39. The third kappa shape index (κ3) is 2.39. The van der Waals surface area contributed by atoms with Crippen molar-refractivity contribution in [3.05, 3.63) is 35.0 Å². The lowest BCUT2D eigenvalue weighted by Crippen LogP contribution is -2.43. The molecule has 22 heavy (non-hydrogen) atoms. The molecule has 3 aliphatic heterocycles. The molecule has 1 N–H and O–H groups in total. The van der Waals surface area contributed by atoms with E-state index in [0.29, 0.717) is 23.8 Å². The van der Waals surface area contributed by atoms with Gasteiger partial charge < -0.3 is 19.7 Å². The molecule has 0 radical (unpaired) electrons. The van der Waals surface area contributed by atoms with Crippen molar-refractivity contribution < 1.29 is 14.3 Å². The van der Waals surface area contributed by atoms with Crippen molar-refractivity contribution in [3.63, 3.8) is 0 Å². The predicted octanol–water partition coefficient (Wildman–Crippen LogP) is 2.47. The summed E-state index contributed by atoms with van der Waals surface area (Å²) in [5.74, 6) is -0.468. The molecule has 1 spiro atoms. The van der Waals surface area contributed by atoms with Crippen LogP contribution >= 0.6 is 11.6 Å². The number of fused-ring (bicyclic) bond motifs is 1. The Morgan fingerprint density at radius 3 is 2.68 bits per heavy atom. The molecule has 0 bridgehead atoms. The average Bonchev–Trinajstić information content (AvgIpc) is 3.07. The number of piperidine rings is 1. The van der Waals surface area contributed by atoms with E-state index < -0.39 is 5.79 Å². The Bertz CT molecular complexity index is 643. The van der Waals surface area contributed by atoms with E-state index in [1.165, 1.54) is 0 Å². The Morgan fingerprint density at radius 2 is 1.95 bits per heavy atom. The smallest absolute Gasteiger partial charge is 0.257 e. The molecule has 0 atom stereocenters. The fourth-order valence-electron chi connectivity index (χ4n) is 3.26. The number of likely N-dealkylation sites (tertiary alicyclic amines) is 1. The van der Waals surface area contributed by atoms with Crippen LogP contribution in [0.4, 0.5) is 5.69 Å². The summed E-state index contributed by atoms with van der Waals surface area (Å²) >= 11 is 5.97. The van der Waals surface area contributed by atoms with E-state index in [9.17, 15) is 4.79 Å². The number of carbonyl (C=O) groups excluding carboxylic acids is 1. The van der Waals surface area contributed by atoms with Crippen LogP contribution in [0.2, 0.25) is 5.02 Å². The quantitative estimate of drug-likeness (QED) is 0.808. The van der Waals surface area contributed by atoms with E-state index in [1.807, 2.05) is 12.3 Å². The molecule has 2 saturated heterocycles. The third-order valence-electron chi connectivity index (χ3n) is 4.45. The lowest BCUT2D eigenvalue weighted by Gasteiger charge is -2.37. The van der Waals surface area contributed by atoms with Crippen LogP contribution in [0.5, 0.6) is 0 Å². The van der Waals surface area contributed by atoms with Gasteiger partial charge in [0.15, 0.2) is 5.79 Å². The van der Waals surface area contributed by atoms with Gasteiger partial charge in [0.05, 0.1) is 24.5 Å². The molecule has 116 valence electrons. The fraction of sp³-hybridized carbons (Fsp3) is 0.438. The minimum absolute atomic E-state index is 0.0779. The van der Waals surface area contributed by atoms with Crippen molar-refractivity contribution in [2.45, 2.75) is 18.6 Å². The zero-order valence-electron chi connectivity index (χ0n) is 12.1. The maximum Gasteiger partial charge on any atom is 0.257 e. The van der Waals surface area contributed by atoms with Gasteiger partial charge in [-0.25, -0.2) is 0 Å². The lowest BCUT2D eigenvalue weighted by molar-refractivity contribution is -0.181. The minimum atomic E-state index is -0.391. The van der Waals surface area contributed by atoms with Gasteiger partial charge >= 0.3 is 0 Å². The second kappa shape index (κ2) is 5.26. The first-order chi connectivity index (χ1) is 10.7. The van der Waals surface area contributed by atoms with Crippen molar-refractivity contribution in [2.24, 2.45) is 0 Å². The highest BCUT2D eigenvalue weighted by molar-refractivity contribution is 6.34. The third-order valence-corrected chi connectivity index (χ3v) is 4.68. The van der Waals surface area contributed by atoms with Gasteiger partial charge in [0.2, 0.25) is 0 Å². The topological polar surface area (TPSA) is 50.8 Å². The first-order valence-electron chi connectivity index (χ1n) is 7.50. The summed E-state index contributed by atoms with van der Waals surface area (Å²) in [6, 6.07) is 5.47. The predicted molar refractivity (Wildman–Crippen MR) is 83.5 cm³/mol. The van der Waals surface area contributed by atoms with Gasteiger partial charge in [-0.2, -0.15) is 0 Å². The summed E-state index contributed by atoms with van der Waals surface area (Å²) in [6.07, 6.45) is 3.59. The van der Waals surface area contributed by atoms with Crippen LogP contribution in [-0.2, 0) is 14.3 Å². The highest BCUT2D eigenvalue weighted by Crippen LogP contribution is 2.36. The first-order valence-corrected chi connectivity index (χ1v) is 7.88. The number of nitrogens with zero attached hydrogens (tertiary/aromatic N) is 1. The van der Waals surface area contributed by atoms with E-state index >= 15 is 0 Å². The molecule has 0 unspecified atom stereocenters. The van der Waals surface area contributed by atoms with Crippen molar-refractivity contribution in [2.75, 3.05) is 31.6 Å². The Hall–Kier alpha value is -1.56. The molecule has 6 heteroatoms. The number of hydrogen-bond donors (Lipinski definition) is 1. The summed E-state index contributed by atoms with van der Waals surface area (Å²) < 4.78 is 11.5. The van der Waals surface area contributed by atoms with Crippen LogP contribution in [0.25, 0.3) is 5.57 Å². The number of nitrogens with one attached hydrogen (secondary N) is 1. The van der Waals surface area contributed by atoms with Gasteiger partial charge in [0.25, 0.3) is 5.91 Å². The van der Waals surface area contributed by atoms with Crippen molar-refractivity contribution in [3.8, 4) is 0 Å². The van der Waals surface area contributed by atoms with Gasteiger partial charge in [0.1, 0.15) is 0 Å². The molecule has 0 aromatic heterocycles. The van der Waals surface area contributed by atoms with Gasteiger partial charge in [-0.3, -0.25) is 4.79 Å². The molecule has 5 nitrogen and oxygen atoms in total. The Kier molecular flexibility index (Phi) is 3.36. The number of rotatable bonds is 1. The highest BCUT2D eigenvalue weighted by atomic mass is 35.5. The monoisotopic (exact) mass is 320 g/mol. The average molecular weight is 321 g/mol. The molecule has 1 aromatic carbocycles.